The van der Waals surface area contributed by atoms with Crippen LogP contribution >= 0.6 is 0 Å². The molecule has 3 heterocycles. The van der Waals surface area contributed by atoms with E-state index in [1.54, 1.807) is 0 Å². The smallest absolute Gasteiger partial charge is 0.388 e. The number of alkyl halides is 5. The third-order valence-electron chi connectivity index (χ3n) is 7.89. The van der Waals surface area contributed by atoms with Crippen molar-refractivity contribution in [3.63, 3.8) is 0 Å². The van der Waals surface area contributed by atoms with Crippen LogP contribution in [0.4, 0.5) is 22.0 Å². The third-order valence-corrected chi connectivity index (χ3v) is 7.89. The molecule has 2 aromatic heterocycles. The molecule has 0 radical (unpaired) electrons. The molecule has 3 aliphatic rings. The maximum Gasteiger partial charge on any atom is 0.417 e. The molecule has 1 spiro atoms. The molecule has 9 heteroatoms. The Morgan fingerprint density at radius 3 is 2.28 bits per heavy atom. The molecule has 1 fully saturated rings. The molecule has 0 unspecified atom stereocenters. The minimum absolute atomic E-state index is 0.0498. The largest absolute Gasteiger partial charge is 0.417 e. The summed E-state index contributed by atoms with van der Waals surface area (Å²) in [6.45, 7) is 8.06. The molecule has 1 saturated carbocycles. The first-order valence-electron chi connectivity index (χ1n) is 12.5. The van der Waals surface area contributed by atoms with Gasteiger partial charge in [0.05, 0.1) is 23.0 Å². The molecule has 36 heavy (non-hydrogen) atoms. The number of pyridine rings is 2. The van der Waals surface area contributed by atoms with E-state index in [0.29, 0.717) is 29.5 Å². The van der Waals surface area contributed by atoms with Crippen LogP contribution in [0.2, 0.25) is 0 Å². The van der Waals surface area contributed by atoms with Crippen molar-refractivity contribution in [2.75, 3.05) is 0 Å². The van der Waals surface area contributed by atoms with Crippen LogP contribution in [0.1, 0.15) is 117 Å². The Morgan fingerprint density at radius 2 is 1.72 bits per heavy atom. The number of aliphatic hydroxyl groups is 1. The minimum Gasteiger partial charge on any atom is -0.388 e. The standard InChI is InChI=1S/C27H31F5N2O2/c1-14(2)22-20-21(19-17(34-22)11-24(3,4)12-18(19)35)25(7-9-26(28,29)10-8-25)36-23(20)16-6-5-15(13-33-16)27(30,31)32/h5-6,13-14,18,23,35H,7-12H2,1-4H3/t18-,23-/m0/s1. The van der Waals surface area contributed by atoms with E-state index in [0.717, 1.165) is 23.7 Å². The van der Waals surface area contributed by atoms with Gasteiger partial charge >= 0.3 is 6.18 Å². The van der Waals surface area contributed by atoms with Crippen LogP contribution in [0.3, 0.4) is 0 Å². The van der Waals surface area contributed by atoms with Gasteiger partial charge in [0, 0.05) is 41.6 Å². The number of halogens is 5. The number of rotatable bonds is 2. The number of fused-ring (bicyclic) bond motifs is 4. The van der Waals surface area contributed by atoms with Gasteiger partial charge < -0.3 is 9.84 Å². The zero-order valence-corrected chi connectivity index (χ0v) is 20.8. The van der Waals surface area contributed by atoms with Crippen LogP contribution in [0.5, 0.6) is 0 Å². The summed E-state index contributed by atoms with van der Waals surface area (Å²) in [6.07, 6.45) is -4.97. The van der Waals surface area contributed by atoms with E-state index >= 15 is 0 Å². The maximum absolute atomic E-state index is 14.3. The molecule has 5 rings (SSSR count). The third kappa shape index (κ3) is 4.22. The van der Waals surface area contributed by atoms with E-state index in [9.17, 15) is 27.1 Å². The van der Waals surface area contributed by atoms with Crippen LogP contribution in [-0.2, 0) is 22.9 Å². The van der Waals surface area contributed by atoms with Gasteiger partial charge in [-0.25, -0.2) is 8.78 Å². The number of hydrogen-bond donors (Lipinski definition) is 1. The van der Waals surface area contributed by atoms with Gasteiger partial charge in [0.1, 0.15) is 6.10 Å². The highest BCUT2D eigenvalue weighted by molar-refractivity contribution is 5.53. The van der Waals surface area contributed by atoms with Crippen molar-refractivity contribution in [1.29, 1.82) is 0 Å². The summed E-state index contributed by atoms with van der Waals surface area (Å²) in [5, 5.41) is 11.3. The molecule has 0 aromatic carbocycles. The predicted octanol–water partition coefficient (Wildman–Crippen LogP) is 7.15. The Balaban J connectivity index is 1.73. The fourth-order valence-electron chi connectivity index (χ4n) is 6.19. The topological polar surface area (TPSA) is 55.2 Å². The molecule has 0 bridgehead atoms. The van der Waals surface area contributed by atoms with Crippen molar-refractivity contribution in [1.82, 2.24) is 9.97 Å². The van der Waals surface area contributed by atoms with Gasteiger partial charge in [-0.2, -0.15) is 13.2 Å². The van der Waals surface area contributed by atoms with Gasteiger partial charge in [-0.05, 0) is 54.7 Å². The second kappa shape index (κ2) is 8.18. The molecule has 2 aromatic rings. The number of nitrogens with zero attached hydrogens (tertiary/aromatic N) is 2. The molecule has 196 valence electrons. The minimum atomic E-state index is -4.53. The van der Waals surface area contributed by atoms with Gasteiger partial charge in [-0.15, -0.1) is 0 Å². The summed E-state index contributed by atoms with van der Waals surface area (Å²) in [5.74, 6) is -2.87. The zero-order valence-electron chi connectivity index (χ0n) is 20.8. The van der Waals surface area contributed by atoms with Crippen LogP contribution in [0, 0.1) is 5.41 Å². The molecule has 2 aliphatic carbocycles. The Kier molecular flexibility index (Phi) is 5.80. The molecule has 1 N–H and O–H groups in total. The molecular formula is C27H31F5N2O2. The predicted molar refractivity (Wildman–Crippen MR) is 123 cm³/mol. The Labute approximate surface area is 207 Å². The molecule has 0 saturated heterocycles. The Bertz CT molecular complexity index is 1160. The number of hydrogen-bond acceptors (Lipinski definition) is 4. The summed E-state index contributed by atoms with van der Waals surface area (Å²) in [7, 11) is 0. The molecule has 4 nitrogen and oxygen atoms in total. The zero-order chi connectivity index (χ0) is 26.3. The average molecular weight is 511 g/mol. The fraction of sp³-hybridized carbons (Fsp3) is 0.630. The second-order valence-electron chi connectivity index (χ2n) is 11.7. The number of ether oxygens (including phenoxy) is 1. The van der Waals surface area contributed by atoms with Crippen molar-refractivity contribution in [3.05, 3.63) is 57.7 Å². The monoisotopic (exact) mass is 510 g/mol. The lowest BCUT2D eigenvalue weighted by Crippen LogP contribution is -2.38. The van der Waals surface area contributed by atoms with Gasteiger partial charge in [0.15, 0.2) is 0 Å². The first-order valence-corrected chi connectivity index (χ1v) is 12.5. The summed E-state index contributed by atoms with van der Waals surface area (Å²) in [5.41, 5.74) is 1.62. The highest BCUT2D eigenvalue weighted by atomic mass is 19.4. The normalized spacial score (nSPS) is 26.2. The maximum atomic E-state index is 14.3. The lowest BCUT2D eigenvalue weighted by atomic mass is 9.68. The fourth-order valence-corrected chi connectivity index (χ4v) is 6.19. The van der Waals surface area contributed by atoms with E-state index in [1.165, 1.54) is 6.07 Å². The molecule has 1 aliphatic heterocycles. The summed E-state index contributed by atoms with van der Waals surface area (Å²) in [4.78, 5) is 9.08. The molecule has 0 amide bonds. The molecule has 2 atom stereocenters. The summed E-state index contributed by atoms with van der Waals surface area (Å²) in [6, 6.07) is 2.25. The van der Waals surface area contributed by atoms with E-state index < -0.39 is 35.5 Å². The van der Waals surface area contributed by atoms with Crippen molar-refractivity contribution in [2.24, 2.45) is 5.41 Å². The van der Waals surface area contributed by atoms with E-state index in [-0.39, 0.29) is 42.7 Å². The lowest BCUT2D eigenvalue weighted by molar-refractivity contribution is -0.142. The van der Waals surface area contributed by atoms with Crippen LogP contribution in [0.25, 0.3) is 0 Å². The van der Waals surface area contributed by atoms with Crippen molar-refractivity contribution in [2.45, 2.75) is 102 Å². The van der Waals surface area contributed by atoms with E-state index in [4.69, 9.17) is 9.72 Å². The van der Waals surface area contributed by atoms with Crippen LogP contribution < -0.4 is 0 Å². The van der Waals surface area contributed by atoms with E-state index in [1.807, 2.05) is 13.8 Å². The SMILES string of the molecule is CC(C)c1nc2c(c3c1[C@H](c1ccc(C(F)(F)F)cn1)OC31CCC(F)(F)CC1)[C@@H](O)CC(C)(C)C2. The van der Waals surface area contributed by atoms with Crippen LogP contribution in [0.15, 0.2) is 18.3 Å². The first kappa shape index (κ1) is 25.5. The summed E-state index contributed by atoms with van der Waals surface area (Å²) >= 11 is 0. The average Bonchev–Trinajstić information content (AvgIpc) is 3.09. The highest BCUT2D eigenvalue weighted by Gasteiger charge is 2.55. The van der Waals surface area contributed by atoms with Gasteiger partial charge in [0.25, 0.3) is 0 Å². The van der Waals surface area contributed by atoms with Gasteiger partial charge in [-0.3, -0.25) is 9.97 Å². The van der Waals surface area contributed by atoms with Crippen molar-refractivity contribution in [3.8, 4) is 0 Å². The Hall–Kier alpha value is -2.13. The first-order chi connectivity index (χ1) is 16.6. The van der Waals surface area contributed by atoms with Crippen LogP contribution in [-0.4, -0.2) is 21.0 Å². The quantitative estimate of drug-likeness (QED) is 0.436. The molecular weight excluding hydrogens is 479 g/mol. The Morgan fingerprint density at radius 1 is 1.06 bits per heavy atom. The number of aromatic nitrogens is 2. The van der Waals surface area contributed by atoms with E-state index in [2.05, 4.69) is 18.8 Å². The van der Waals surface area contributed by atoms with Crippen molar-refractivity contribution < 1.29 is 31.8 Å². The number of aliphatic hydroxyl groups excluding tert-OH is 1. The second-order valence-corrected chi connectivity index (χ2v) is 11.7. The lowest BCUT2D eigenvalue weighted by Gasteiger charge is -2.41. The van der Waals surface area contributed by atoms with Gasteiger partial charge in [0.2, 0.25) is 5.92 Å². The highest BCUT2D eigenvalue weighted by Crippen LogP contribution is 2.60. The van der Waals surface area contributed by atoms with Gasteiger partial charge in [-0.1, -0.05) is 27.7 Å². The summed E-state index contributed by atoms with van der Waals surface area (Å²) < 4.78 is 74.7. The van der Waals surface area contributed by atoms with Crippen molar-refractivity contribution >= 4 is 0 Å².